The van der Waals surface area contributed by atoms with E-state index in [4.69, 9.17) is 14.2 Å². The predicted molar refractivity (Wildman–Crippen MR) is 88.9 cm³/mol. The molecule has 0 radical (unpaired) electrons. The number of amides is 1. The number of fused-ring (bicyclic) bond motifs is 1. The van der Waals surface area contributed by atoms with E-state index in [1.165, 1.54) is 0 Å². The van der Waals surface area contributed by atoms with Crippen molar-refractivity contribution in [1.29, 1.82) is 0 Å². The number of benzene rings is 1. The lowest BCUT2D eigenvalue weighted by molar-refractivity contribution is -0.125. The summed E-state index contributed by atoms with van der Waals surface area (Å²) in [5, 5.41) is 0. The summed E-state index contributed by atoms with van der Waals surface area (Å²) in [5.74, 6) is 0.734. The number of methoxy groups -OCH3 is 1. The van der Waals surface area contributed by atoms with Gasteiger partial charge in [0.05, 0.1) is 12.3 Å². The minimum absolute atomic E-state index is 0.0239. The van der Waals surface area contributed by atoms with E-state index in [-0.39, 0.29) is 5.91 Å². The van der Waals surface area contributed by atoms with Gasteiger partial charge in [0.2, 0.25) is 0 Å². The third-order valence-electron chi connectivity index (χ3n) is 3.23. The van der Waals surface area contributed by atoms with Gasteiger partial charge >= 0.3 is 0 Å². The Kier molecular flexibility index (Phi) is 6.25. The third kappa shape index (κ3) is 4.31. The number of hydrogen-bond donors (Lipinski definition) is 0. The Hall–Kier alpha value is -0.860. The lowest BCUT2D eigenvalue weighted by Gasteiger charge is -2.33. The Morgan fingerprint density at radius 2 is 2.14 bits per heavy atom. The molecule has 5 nitrogen and oxygen atoms in total. The van der Waals surface area contributed by atoms with Gasteiger partial charge in [0.1, 0.15) is 5.75 Å². The van der Waals surface area contributed by atoms with Gasteiger partial charge in [-0.25, -0.2) is 0 Å². The van der Waals surface area contributed by atoms with Crippen LogP contribution in [0.15, 0.2) is 18.2 Å². The number of hydrogen-bond acceptors (Lipinski definition) is 4. The molecule has 0 bridgehead atoms. The van der Waals surface area contributed by atoms with Gasteiger partial charge in [0.25, 0.3) is 5.91 Å². The molecule has 0 fully saturated rings. The normalized spacial score (nSPS) is 17.6. The van der Waals surface area contributed by atoms with E-state index in [1.807, 2.05) is 18.2 Å². The first-order valence-corrected chi connectivity index (χ1v) is 8.05. The van der Waals surface area contributed by atoms with Gasteiger partial charge in [-0.15, -0.1) is 0 Å². The highest BCUT2D eigenvalue weighted by molar-refractivity contribution is 14.1. The molecule has 116 valence electrons. The molecule has 6 heteroatoms. The molecule has 0 saturated carbocycles. The summed E-state index contributed by atoms with van der Waals surface area (Å²) in [6.45, 7) is 4.15. The number of carbonyl (C=O) groups is 1. The molecule has 1 aliphatic heterocycles. The van der Waals surface area contributed by atoms with Crippen molar-refractivity contribution in [3.63, 3.8) is 0 Å². The molecule has 1 unspecified atom stereocenters. The molecule has 1 aliphatic rings. The summed E-state index contributed by atoms with van der Waals surface area (Å²) in [7, 11) is 1.67. The van der Waals surface area contributed by atoms with Crippen molar-refractivity contribution in [1.82, 2.24) is 0 Å². The predicted octanol–water partition coefficient (Wildman–Crippen LogP) is 2.46. The largest absolute Gasteiger partial charge is 0.479 e. The highest BCUT2D eigenvalue weighted by Gasteiger charge is 2.31. The zero-order valence-corrected chi connectivity index (χ0v) is 14.5. The molecule has 1 amide bonds. The number of carbonyl (C=O) groups excluding carboxylic acids is 1. The average Bonchev–Trinajstić information content (AvgIpc) is 2.46. The van der Waals surface area contributed by atoms with Gasteiger partial charge in [0, 0.05) is 30.4 Å². The van der Waals surface area contributed by atoms with E-state index in [1.54, 1.807) is 18.9 Å². The van der Waals surface area contributed by atoms with Crippen molar-refractivity contribution in [2.24, 2.45) is 0 Å². The Bertz CT molecular complexity index is 495. The van der Waals surface area contributed by atoms with E-state index in [9.17, 15) is 4.79 Å². The van der Waals surface area contributed by atoms with E-state index < -0.39 is 6.10 Å². The summed E-state index contributed by atoms with van der Waals surface area (Å²) < 4.78 is 17.3. The lowest BCUT2D eigenvalue weighted by Crippen LogP contribution is -2.45. The zero-order chi connectivity index (χ0) is 15.2. The summed E-state index contributed by atoms with van der Waals surface area (Å²) in [5.41, 5.74) is 0.819. The molecular weight excluding hydrogens is 385 g/mol. The van der Waals surface area contributed by atoms with Crippen LogP contribution in [-0.2, 0) is 14.3 Å². The minimum Gasteiger partial charge on any atom is -0.479 e. The molecule has 1 aromatic carbocycles. The Morgan fingerprint density at radius 3 is 2.90 bits per heavy atom. The number of anilines is 1. The van der Waals surface area contributed by atoms with E-state index in [0.717, 1.165) is 21.4 Å². The first-order valence-electron chi connectivity index (χ1n) is 6.97. The van der Waals surface area contributed by atoms with Crippen LogP contribution in [0.3, 0.4) is 0 Å². The van der Waals surface area contributed by atoms with Crippen LogP contribution in [-0.4, -0.2) is 45.5 Å². The first-order chi connectivity index (χ1) is 10.1. The second kappa shape index (κ2) is 7.95. The van der Waals surface area contributed by atoms with Crippen molar-refractivity contribution in [2.45, 2.75) is 19.4 Å². The van der Waals surface area contributed by atoms with Crippen molar-refractivity contribution in [2.75, 3.05) is 38.4 Å². The highest BCUT2D eigenvalue weighted by atomic mass is 127. The van der Waals surface area contributed by atoms with Crippen molar-refractivity contribution in [3.05, 3.63) is 21.8 Å². The number of nitrogens with zero attached hydrogens (tertiary/aromatic N) is 1. The second-order valence-corrected chi connectivity index (χ2v) is 6.07. The topological polar surface area (TPSA) is 48.0 Å². The summed E-state index contributed by atoms with van der Waals surface area (Å²) >= 11 is 2.23. The van der Waals surface area contributed by atoms with Crippen molar-refractivity contribution >= 4 is 34.2 Å². The Morgan fingerprint density at radius 1 is 1.33 bits per heavy atom. The summed E-state index contributed by atoms with van der Waals surface area (Å²) in [4.78, 5) is 14.0. The molecule has 1 heterocycles. The fraction of sp³-hybridized carbons (Fsp3) is 0.533. The van der Waals surface area contributed by atoms with Crippen LogP contribution in [0.25, 0.3) is 0 Å². The SMILES string of the molecule is COCCCOCCN1C(=O)C(C)Oc2cc(I)ccc21. The quantitative estimate of drug-likeness (QED) is 0.517. The van der Waals surface area contributed by atoms with Crippen LogP contribution >= 0.6 is 22.6 Å². The van der Waals surface area contributed by atoms with Crippen LogP contribution < -0.4 is 9.64 Å². The van der Waals surface area contributed by atoms with Gasteiger partial charge in [0.15, 0.2) is 6.10 Å². The maximum absolute atomic E-state index is 12.3. The molecule has 0 spiro atoms. The third-order valence-corrected chi connectivity index (χ3v) is 3.90. The molecule has 21 heavy (non-hydrogen) atoms. The molecular formula is C15H20INO4. The van der Waals surface area contributed by atoms with Gasteiger partial charge < -0.3 is 19.1 Å². The molecule has 0 saturated heterocycles. The molecule has 0 N–H and O–H groups in total. The number of rotatable bonds is 7. The van der Waals surface area contributed by atoms with Gasteiger partial charge in [-0.1, -0.05) is 0 Å². The highest BCUT2D eigenvalue weighted by Crippen LogP contribution is 2.35. The molecule has 1 atom stereocenters. The fourth-order valence-corrected chi connectivity index (χ4v) is 2.64. The van der Waals surface area contributed by atoms with E-state index >= 15 is 0 Å². The maximum atomic E-state index is 12.3. The van der Waals surface area contributed by atoms with E-state index in [2.05, 4.69) is 22.6 Å². The number of ether oxygens (including phenoxy) is 3. The second-order valence-electron chi connectivity index (χ2n) is 4.82. The Labute approximate surface area is 138 Å². The number of halogens is 1. The standard InChI is InChI=1S/C15H20INO4/c1-11-15(18)17(6-9-20-8-3-7-19-2)13-5-4-12(16)10-14(13)21-11/h4-5,10-11H,3,6-9H2,1-2H3. The van der Waals surface area contributed by atoms with Crippen molar-refractivity contribution < 1.29 is 19.0 Å². The van der Waals surface area contributed by atoms with Crippen LogP contribution in [0.2, 0.25) is 0 Å². The van der Waals surface area contributed by atoms with Crippen LogP contribution in [0, 0.1) is 3.57 Å². The van der Waals surface area contributed by atoms with Gasteiger partial charge in [-0.2, -0.15) is 0 Å². The molecule has 1 aromatic rings. The summed E-state index contributed by atoms with van der Waals surface area (Å²) in [6, 6.07) is 5.84. The molecule has 0 aliphatic carbocycles. The fourth-order valence-electron chi connectivity index (χ4n) is 2.18. The first kappa shape index (κ1) is 16.5. The van der Waals surface area contributed by atoms with Crippen LogP contribution in [0.1, 0.15) is 13.3 Å². The minimum atomic E-state index is -0.454. The van der Waals surface area contributed by atoms with Crippen molar-refractivity contribution in [3.8, 4) is 5.75 Å². The summed E-state index contributed by atoms with van der Waals surface area (Å²) in [6.07, 6.45) is 0.405. The molecule has 2 rings (SSSR count). The van der Waals surface area contributed by atoms with Gasteiger partial charge in [-0.05, 0) is 54.1 Å². The zero-order valence-electron chi connectivity index (χ0n) is 12.3. The van der Waals surface area contributed by atoms with Crippen LogP contribution in [0.4, 0.5) is 5.69 Å². The monoisotopic (exact) mass is 405 g/mol. The smallest absolute Gasteiger partial charge is 0.267 e. The van der Waals surface area contributed by atoms with Gasteiger partial charge in [-0.3, -0.25) is 4.79 Å². The van der Waals surface area contributed by atoms with E-state index in [0.29, 0.717) is 26.4 Å². The molecule has 0 aromatic heterocycles. The maximum Gasteiger partial charge on any atom is 0.267 e. The van der Waals surface area contributed by atoms with Crippen LogP contribution in [0.5, 0.6) is 5.75 Å². The Balaban J connectivity index is 1.96. The lowest BCUT2D eigenvalue weighted by atomic mass is 10.2. The average molecular weight is 405 g/mol.